The second-order valence-corrected chi connectivity index (χ2v) is 9.62. The fourth-order valence-electron chi connectivity index (χ4n) is 3.11. The van der Waals surface area contributed by atoms with Crippen molar-refractivity contribution in [3.8, 4) is 5.75 Å². The van der Waals surface area contributed by atoms with Gasteiger partial charge in [-0.15, -0.1) is 0 Å². The van der Waals surface area contributed by atoms with Crippen LogP contribution in [0.4, 0.5) is 11.5 Å². The van der Waals surface area contributed by atoms with Gasteiger partial charge in [-0.05, 0) is 66.7 Å². The molecule has 0 saturated carbocycles. The number of carbonyl (C=O) groups is 3. The molecule has 0 fully saturated rings. The van der Waals surface area contributed by atoms with Crippen LogP contribution in [0.25, 0.3) is 0 Å². The fourth-order valence-corrected chi connectivity index (χ4v) is 3.89. The molecule has 13 heteroatoms. The number of halogens is 2. The summed E-state index contributed by atoms with van der Waals surface area (Å²) in [5, 5.41) is 15.0. The number of carboxylic acids is 1. The fraction of sp³-hybridized carbons (Fsp3) is 0.167. The number of nitrogens with zero attached hydrogens (tertiary/aromatic N) is 1. The second-order valence-electron chi connectivity index (χ2n) is 7.53. The normalized spacial score (nSPS) is 11.4. The third-order valence-corrected chi connectivity index (χ3v) is 6.26. The number of hydrogen-bond donors (Lipinski definition) is 4. The van der Waals surface area contributed by atoms with Crippen LogP contribution in [0.1, 0.15) is 37.5 Å². The van der Waals surface area contributed by atoms with Gasteiger partial charge in [0.2, 0.25) is 0 Å². The zero-order chi connectivity index (χ0) is 26.9. The summed E-state index contributed by atoms with van der Waals surface area (Å²) < 4.78 is 17.7. The molecule has 3 rings (SSSR count). The average Bonchev–Trinajstić information content (AvgIpc) is 2.87. The summed E-state index contributed by atoms with van der Waals surface area (Å²) in [6.07, 6.45) is 3.38. The van der Waals surface area contributed by atoms with Crippen molar-refractivity contribution in [2.45, 2.75) is 11.3 Å². The van der Waals surface area contributed by atoms with Gasteiger partial charge < -0.3 is 20.5 Å². The summed E-state index contributed by atoms with van der Waals surface area (Å²) in [6.45, 7) is 0.682. The summed E-state index contributed by atoms with van der Waals surface area (Å²) in [5.74, 6) is -2.16. The number of pyridine rings is 1. The maximum atomic E-state index is 13.3. The van der Waals surface area contributed by atoms with Crippen molar-refractivity contribution in [1.82, 2.24) is 9.82 Å². The molecule has 0 saturated heterocycles. The maximum absolute atomic E-state index is 13.3. The molecule has 37 heavy (non-hydrogen) atoms. The molecule has 2 amide bonds. The SMILES string of the molecule is CS(=O)c1ccc(C(=O)Nc2cc(C(=O)O)ccc2C(=O)Nc2ccc(Cl)cn2)c(OCCCNCl)c1. The van der Waals surface area contributed by atoms with Gasteiger partial charge in [0.1, 0.15) is 11.6 Å². The van der Waals surface area contributed by atoms with Gasteiger partial charge in [0.15, 0.2) is 0 Å². The lowest BCUT2D eigenvalue weighted by molar-refractivity contribution is 0.0696. The average molecular weight is 565 g/mol. The van der Waals surface area contributed by atoms with Crippen molar-refractivity contribution in [1.29, 1.82) is 0 Å². The first kappa shape index (κ1) is 28.1. The molecule has 0 aliphatic carbocycles. The van der Waals surface area contributed by atoms with Crippen molar-refractivity contribution in [2.75, 3.05) is 30.0 Å². The summed E-state index contributed by atoms with van der Waals surface area (Å²) in [6, 6.07) is 11.2. The Hall–Kier alpha value is -3.51. The van der Waals surface area contributed by atoms with Crippen LogP contribution in [-0.2, 0) is 10.8 Å². The van der Waals surface area contributed by atoms with Gasteiger partial charge in [-0.2, -0.15) is 0 Å². The minimum Gasteiger partial charge on any atom is -0.493 e. The second kappa shape index (κ2) is 13.2. The smallest absolute Gasteiger partial charge is 0.335 e. The first-order valence-electron chi connectivity index (χ1n) is 10.7. The number of anilines is 2. The highest BCUT2D eigenvalue weighted by molar-refractivity contribution is 7.84. The van der Waals surface area contributed by atoms with Crippen LogP contribution in [0.2, 0.25) is 5.02 Å². The van der Waals surface area contributed by atoms with Crippen molar-refractivity contribution in [3.63, 3.8) is 0 Å². The topological polar surface area (TPSA) is 147 Å². The van der Waals surface area contributed by atoms with Gasteiger partial charge in [0, 0.05) is 34.7 Å². The number of nitrogens with one attached hydrogen (secondary N) is 3. The number of ether oxygens (including phenoxy) is 1. The minimum atomic E-state index is -1.32. The lowest BCUT2D eigenvalue weighted by atomic mass is 10.1. The van der Waals surface area contributed by atoms with Crippen LogP contribution >= 0.6 is 23.4 Å². The van der Waals surface area contributed by atoms with E-state index >= 15 is 0 Å². The van der Waals surface area contributed by atoms with Gasteiger partial charge in [0.05, 0.1) is 34.0 Å². The summed E-state index contributed by atoms with van der Waals surface area (Å²) in [7, 11) is -1.32. The molecule has 0 aliphatic rings. The number of benzene rings is 2. The Morgan fingerprint density at radius 3 is 2.41 bits per heavy atom. The maximum Gasteiger partial charge on any atom is 0.335 e. The molecule has 4 N–H and O–H groups in total. The van der Waals surface area contributed by atoms with E-state index in [9.17, 15) is 23.7 Å². The van der Waals surface area contributed by atoms with E-state index < -0.39 is 28.6 Å². The van der Waals surface area contributed by atoms with Crippen molar-refractivity contribution >= 4 is 63.5 Å². The Morgan fingerprint density at radius 2 is 1.76 bits per heavy atom. The molecule has 0 spiro atoms. The molecular weight excluding hydrogens is 543 g/mol. The molecule has 1 heterocycles. The number of carboxylic acid groups (broad SMARTS) is 1. The quantitative estimate of drug-likeness (QED) is 0.200. The number of aromatic nitrogens is 1. The third-order valence-electron chi connectivity index (χ3n) is 4.93. The largest absolute Gasteiger partial charge is 0.493 e. The van der Waals surface area contributed by atoms with Crippen molar-refractivity contribution in [3.05, 3.63) is 76.4 Å². The van der Waals surface area contributed by atoms with E-state index in [-0.39, 0.29) is 40.6 Å². The lowest BCUT2D eigenvalue weighted by Gasteiger charge is -2.15. The Morgan fingerprint density at radius 1 is 1.03 bits per heavy atom. The van der Waals surface area contributed by atoms with Crippen LogP contribution in [0, 0.1) is 0 Å². The number of aromatic carboxylic acids is 1. The molecular formula is C24H22Cl2N4O6S. The predicted octanol–water partition coefficient (Wildman–Crippen LogP) is 4.19. The molecule has 0 bridgehead atoms. The first-order chi connectivity index (χ1) is 17.7. The lowest BCUT2D eigenvalue weighted by Crippen LogP contribution is -2.20. The van der Waals surface area contributed by atoms with Crippen molar-refractivity contribution < 1.29 is 28.4 Å². The van der Waals surface area contributed by atoms with Gasteiger partial charge >= 0.3 is 5.97 Å². The first-order valence-corrected chi connectivity index (χ1v) is 13.1. The molecule has 1 aromatic heterocycles. The number of rotatable bonds is 11. The van der Waals surface area contributed by atoms with E-state index in [1.54, 1.807) is 0 Å². The molecule has 0 aliphatic heterocycles. The molecule has 1 atom stereocenters. The predicted molar refractivity (Wildman–Crippen MR) is 141 cm³/mol. The van der Waals surface area contributed by atoms with E-state index in [4.69, 9.17) is 28.1 Å². The van der Waals surface area contributed by atoms with E-state index in [0.29, 0.717) is 22.9 Å². The molecule has 1 unspecified atom stereocenters. The summed E-state index contributed by atoms with van der Waals surface area (Å²) in [4.78, 5) is 44.7. The van der Waals surface area contributed by atoms with E-state index in [0.717, 1.165) is 0 Å². The number of amides is 2. The molecule has 0 radical (unpaired) electrons. The highest BCUT2D eigenvalue weighted by atomic mass is 35.5. The number of hydrogen-bond acceptors (Lipinski definition) is 7. The summed E-state index contributed by atoms with van der Waals surface area (Å²) in [5.41, 5.74) is -0.0911. The molecule has 3 aromatic rings. The van der Waals surface area contributed by atoms with Crippen LogP contribution in [-0.4, -0.2) is 51.5 Å². The Bertz CT molecular complexity index is 1340. The third kappa shape index (κ3) is 7.73. The molecule has 2 aromatic carbocycles. The Labute approximate surface area is 224 Å². The van der Waals surface area contributed by atoms with E-state index in [1.165, 1.54) is 61.0 Å². The van der Waals surface area contributed by atoms with Gasteiger partial charge in [-0.1, -0.05) is 11.6 Å². The van der Waals surface area contributed by atoms with Crippen molar-refractivity contribution in [2.24, 2.45) is 0 Å². The highest BCUT2D eigenvalue weighted by Crippen LogP contribution is 2.26. The minimum absolute atomic E-state index is 0.00274. The van der Waals surface area contributed by atoms with Gasteiger partial charge in [-0.25, -0.2) is 14.6 Å². The van der Waals surface area contributed by atoms with Crippen LogP contribution in [0.5, 0.6) is 5.75 Å². The van der Waals surface area contributed by atoms with Crippen LogP contribution in [0.15, 0.2) is 59.6 Å². The van der Waals surface area contributed by atoms with E-state index in [2.05, 4.69) is 20.5 Å². The monoisotopic (exact) mass is 564 g/mol. The number of carbonyl (C=O) groups excluding carboxylic acids is 2. The Kier molecular flexibility index (Phi) is 9.98. The van der Waals surface area contributed by atoms with Gasteiger partial charge in [0.25, 0.3) is 11.8 Å². The zero-order valence-electron chi connectivity index (χ0n) is 19.4. The molecule has 194 valence electrons. The Balaban J connectivity index is 1.93. The zero-order valence-corrected chi connectivity index (χ0v) is 21.7. The molecule has 10 nitrogen and oxygen atoms in total. The van der Waals surface area contributed by atoms with Crippen LogP contribution in [0.3, 0.4) is 0 Å². The standard InChI is InChI=1S/C24H22Cl2N4O6S/c1-37(35)16-5-7-18(20(12-16)36-10-2-9-28-26)23(32)29-19-11-14(24(33)34)3-6-17(19)22(31)30-21-8-4-15(25)13-27-21/h3-8,11-13,28H,2,9-10H2,1H3,(H,29,32)(H,33,34)(H,27,30,31). The summed E-state index contributed by atoms with van der Waals surface area (Å²) >= 11 is 11.3. The van der Waals surface area contributed by atoms with E-state index in [1.807, 2.05) is 0 Å². The highest BCUT2D eigenvalue weighted by Gasteiger charge is 2.20. The van der Waals surface area contributed by atoms with Gasteiger partial charge in [-0.3, -0.25) is 13.8 Å². The van der Waals surface area contributed by atoms with Crippen LogP contribution < -0.4 is 20.2 Å².